The number of oxime groups is 1. The fourth-order valence-electron chi connectivity index (χ4n) is 2.03. The summed E-state index contributed by atoms with van der Waals surface area (Å²) in [6, 6.07) is 3.91. The molecule has 1 fully saturated rings. The highest BCUT2D eigenvalue weighted by atomic mass is 16.4. The molecule has 0 saturated carbocycles. The summed E-state index contributed by atoms with van der Waals surface area (Å²) in [4.78, 5) is 6.71. The van der Waals surface area contributed by atoms with E-state index >= 15 is 0 Å². The molecule has 0 amide bonds. The van der Waals surface area contributed by atoms with Gasteiger partial charge in [-0.05, 0) is 25.0 Å². The van der Waals surface area contributed by atoms with E-state index in [2.05, 4.69) is 15.0 Å². The fraction of sp³-hybridized carbons (Fsp3) is 0.500. The van der Waals surface area contributed by atoms with Crippen molar-refractivity contribution in [3.63, 3.8) is 0 Å². The first-order valence-corrected chi connectivity index (χ1v) is 5.78. The van der Waals surface area contributed by atoms with Crippen LogP contribution in [0.4, 0.5) is 5.82 Å². The van der Waals surface area contributed by atoms with E-state index in [4.69, 9.17) is 5.21 Å². The zero-order valence-corrected chi connectivity index (χ0v) is 9.34. The third kappa shape index (κ3) is 2.72. The van der Waals surface area contributed by atoms with Gasteiger partial charge in [-0.3, -0.25) is 0 Å². The standard InChI is InChI=1S/C12H17N3O/c16-14-10-11-5-6-12(13-9-11)15-7-3-1-2-4-8-15/h5-6,9-10,16H,1-4,7-8H2/b14-10-. The van der Waals surface area contributed by atoms with Crippen LogP contribution in [0.25, 0.3) is 0 Å². The van der Waals surface area contributed by atoms with Crippen LogP contribution in [0.15, 0.2) is 23.5 Å². The van der Waals surface area contributed by atoms with Crippen LogP contribution in [-0.2, 0) is 0 Å². The monoisotopic (exact) mass is 219 g/mol. The van der Waals surface area contributed by atoms with Crippen LogP contribution in [0.1, 0.15) is 31.2 Å². The van der Waals surface area contributed by atoms with Gasteiger partial charge in [-0.1, -0.05) is 18.0 Å². The van der Waals surface area contributed by atoms with Crippen molar-refractivity contribution in [3.05, 3.63) is 23.9 Å². The molecule has 86 valence electrons. The van der Waals surface area contributed by atoms with Crippen LogP contribution in [-0.4, -0.2) is 29.5 Å². The van der Waals surface area contributed by atoms with Crippen LogP contribution in [0.2, 0.25) is 0 Å². The Morgan fingerprint density at radius 3 is 2.50 bits per heavy atom. The molecular weight excluding hydrogens is 202 g/mol. The maximum Gasteiger partial charge on any atom is 0.128 e. The minimum atomic E-state index is 0.820. The molecule has 1 saturated heterocycles. The topological polar surface area (TPSA) is 48.7 Å². The normalized spacial score (nSPS) is 17.6. The van der Waals surface area contributed by atoms with Gasteiger partial charge in [0.05, 0.1) is 6.21 Å². The summed E-state index contributed by atoms with van der Waals surface area (Å²) < 4.78 is 0. The molecule has 1 N–H and O–H groups in total. The van der Waals surface area contributed by atoms with E-state index in [-0.39, 0.29) is 0 Å². The van der Waals surface area contributed by atoms with Gasteiger partial charge in [0.2, 0.25) is 0 Å². The lowest BCUT2D eigenvalue weighted by molar-refractivity contribution is 0.322. The Bertz CT molecular complexity index is 340. The van der Waals surface area contributed by atoms with Crippen LogP contribution in [0.5, 0.6) is 0 Å². The third-order valence-corrected chi connectivity index (χ3v) is 2.91. The molecule has 2 rings (SSSR count). The lowest BCUT2D eigenvalue weighted by Gasteiger charge is -2.21. The lowest BCUT2D eigenvalue weighted by Crippen LogP contribution is -2.24. The minimum absolute atomic E-state index is 0.820. The summed E-state index contributed by atoms with van der Waals surface area (Å²) in [5.74, 6) is 1.02. The molecule has 4 nitrogen and oxygen atoms in total. The second kappa shape index (κ2) is 5.49. The number of hydrogen-bond acceptors (Lipinski definition) is 4. The quantitative estimate of drug-likeness (QED) is 0.471. The number of rotatable bonds is 2. The highest BCUT2D eigenvalue weighted by Crippen LogP contribution is 2.16. The van der Waals surface area contributed by atoms with Crippen LogP contribution < -0.4 is 4.90 Å². The van der Waals surface area contributed by atoms with Crippen molar-refractivity contribution in [2.75, 3.05) is 18.0 Å². The van der Waals surface area contributed by atoms with Crippen molar-refractivity contribution >= 4 is 12.0 Å². The maximum absolute atomic E-state index is 8.41. The number of anilines is 1. The van der Waals surface area contributed by atoms with E-state index < -0.39 is 0 Å². The van der Waals surface area contributed by atoms with E-state index in [0.717, 1.165) is 24.5 Å². The first kappa shape index (κ1) is 10.9. The molecule has 1 aliphatic rings. The molecule has 1 aromatic heterocycles. The fourth-order valence-corrected chi connectivity index (χ4v) is 2.03. The van der Waals surface area contributed by atoms with Crippen molar-refractivity contribution in [2.45, 2.75) is 25.7 Å². The van der Waals surface area contributed by atoms with E-state index in [1.807, 2.05) is 12.1 Å². The summed E-state index contributed by atoms with van der Waals surface area (Å²) in [5, 5.41) is 11.4. The molecular formula is C12H17N3O. The van der Waals surface area contributed by atoms with Crippen molar-refractivity contribution < 1.29 is 5.21 Å². The number of hydrogen-bond donors (Lipinski definition) is 1. The summed E-state index contributed by atoms with van der Waals surface area (Å²) in [6.07, 6.45) is 8.28. The Morgan fingerprint density at radius 1 is 1.19 bits per heavy atom. The van der Waals surface area contributed by atoms with Gasteiger partial charge in [-0.25, -0.2) is 4.98 Å². The Hall–Kier alpha value is -1.58. The van der Waals surface area contributed by atoms with E-state index in [1.165, 1.54) is 31.9 Å². The zero-order chi connectivity index (χ0) is 11.2. The third-order valence-electron chi connectivity index (χ3n) is 2.91. The summed E-state index contributed by atoms with van der Waals surface area (Å²) in [5.41, 5.74) is 0.820. The predicted octanol–water partition coefficient (Wildman–Crippen LogP) is 2.27. The summed E-state index contributed by atoms with van der Waals surface area (Å²) in [6.45, 7) is 2.20. The minimum Gasteiger partial charge on any atom is -0.411 e. The largest absolute Gasteiger partial charge is 0.411 e. The molecule has 0 bridgehead atoms. The molecule has 0 aliphatic carbocycles. The Balaban J connectivity index is 2.07. The second-order valence-corrected chi connectivity index (χ2v) is 4.10. The first-order chi connectivity index (χ1) is 7.90. The van der Waals surface area contributed by atoms with Crippen molar-refractivity contribution in [2.24, 2.45) is 5.16 Å². The van der Waals surface area contributed by atoms with Crippen LogP contribution >= 0.6 is 0 Å². The molecule has 0 atom stereocenters. The maximum atomic E-state index is 8.41. The number of nitrogens with zero attached hydrogens (tertiary/aromatic N) is 3. The van der Waals surface area contributed by atoms with Gasteiger partial charge in [-0.2, -0.15) is 0 Å². The average Bonchev–Trinajstić information content (AvgIpc) is 2.59. The zero-order valence-electron chi connectivity index (χ0n) is 9.34. The lowest BCUT2D eigenvalue weighted by atomic mass is 10.2. The van der Waals surface area contributed by atoms with Gasteiger partial charge in [-0.15, -0.1) is 0 Å². The van der Waals surface area contributed by atoms with Crippen LogP contribution in [0, 0.1) is 0 Å². The van der Waals surface area contributed by atoms with Gasteiger partial charge in [0.25, 0.3) is 0 Å². The van der Waals surface area contributed by atoms with E-state index in [9.17, 15) is 0 Å². The average molecular weight is 219 g/mol. The van der Waals surface area contributed by atoms with Gasteiger partial charge in [0, 0.05) is 24.8 Å². The summed E-state index contributed by atoms with van der Waals surface area (Å²) in [7, 11) is 0. The molecule has 0 aromatic carbocycles. The Morgan fingerprint density at radius 2 is 1.94 bits per heavy atom. The first-order valence-electron chi connectivity index (χ1n) is 5.78. The van der Waals surface area contributed by atoms with Gasteiger partial charge >= 0.3 is 0 Å². The Kier molecular flexibility index (Phi) is 3.75. The Labute approximate surface area is 95.6 Å². The number of aromatic nitrogens is 1. The molecule has 0 spiro atoms. The molecule has 0 unspecified atom stereocenters. The summed E-state index contributed by atoms with van der Waals surface area (Å²) >= 11 is 0. The van der Waals surface area contributed by atoms with E-state index in [1.54, 1.807) is 6.20 Å². The second-order valence-electron chi connectivity index (χ2n) is 4.10. The smallest absolute Gasteiger partial charge is 0.128 e. The van der Waals surface area contributed by atoms with Gasteiger partial charge in [0.15, 0.2) is 0 Å². The molecule has 1 aromatic rings. The SMILES string of the molecule is O/N=C\c1ccc(N2CCCCCC2)nc1. The predicted molar refractivity (Wildman–Crippen MR) is 64.3 cm³/mol. The van der Waals surface area contributed by atoms with Gasteiger partial charge < -0.3 is 10.1 Å². The van der Waals surface area contributed by atoms with Crippen LogP contribution in [0.3, 0.4) is 0 Å². The molecule has 4 heteroatoms. The highest BCUT2D eigenvalue weighted by molar-refractivity contribution is 5.78. The highest BCUT2D eigenvalue weighted by Gasteiger charge is 2.10. The van der Waals surface area contributed by atoms with Crippen molar-refractivity contribution in [1.82, 2.24) is 4.98 Å². The molecule has 1 aliphatic heterocycles. The van der Waals surface area contributed by atoms with Crippen molar-refractivity contribution in [1.29, 1.82) is 0 Å². The molecule has 2 heterocycles. The molecule has 0 radical (unpaired) electrons. The van der Waals surface area contributed by atoms with Gasteiger partial charge in [0.1, 0.15) is 5.82 Å². The molecule has 16 heavy (non-hydrogen) atoms. The van der Waals surface area contributed by atoms with Crippen molar-refractivity contribution in [3.8, 4) is 0 Å². The van der Waals surface area contributed by atoms with E-state index in [0.29, 0.717) is 0 Å². The number of pyridine rings is 1.